The number of fused-ring (bicyclic) bond motifs is 1. The lowest BCUT2D eigenvalue weighted by Gasteiger charge is -2.16. The van der Waals surface area contributed by atoms with Gasteiger partial charge in [0.15, 0.2) is 5.69 Å². The Morgan fingerprint density at radius 1 is 1.24 bits per heavy atom. The number of halogens is 5. The molecule has 0 unspecified atom stereocenters. The average molecular weight is 336 g/mol. The zero-order valence-electron chi connectivity index (χ0n) is 10.6. The molecule has 2 heterocycles. The van der Waals surface area contributed by atoms with Gasteiger partial charge in [0.1, 0.15) is 0 Å². The Balaban J connectivity index is 2.24. The number of aromatic nitrogens is 2. The summed E-state index contributed by atoms with van der Waals surface area (Å²) in [5.41, 5.74) is 0.175. The first-order chi connectivity index (χ1) is 9.89. The molecule has 1 aromatic carbocycles. The van der Waals surface area contributed by atoms with Crippen molar-refractivity contribution in [2.75, 3.05) is 6.54 Å². The molecule has 0 bridgehead atoms. The first kappa shape index (κ1) is 14.7. The second-order valence-electron chi connectivity index (χ2n) is 4.68. The predicted octanol–water partition coefficient (Wildman–Crippen LogP) is 3.84. The van der Waals surface area contributed by atoms with Crippen molar-refractivity contribution in [1.29, 1.82) is 0 Å². The van der Waals surface area contributed by atoms with Crippen LogP contribution in [0.4, 0.5) is 13.2 Å². The molecule has 1 aliphatic heterocycles. The molecular formula is C13H10Cl2F3N3. The molecule has 0 radical (unpaired) electrons. The van der Waals surface area contributed by atoms with E-state index < -0.39 is 11.9 Å². The highest BCUT2D eigenvalue weighted by molar-refractivity contribution is 6.43. The summed E-state index contributed by atoms with van der Waals surface area (Å²) in [5, 5.41) is 7.15. The number of alkyl halides is 3. The van der Waals surface area contributed by atoms with Gasteiger partial charge in [-0.3, -0.25) is 0 Å². The van der Waals surface area contributed by atoms with Crippen molar-refractivity contribution in [1.82, 2.24) is 15.1 Å². The molecule has 0 saturated heterocycles. The van der Waals surface area contributed by atoms with E-state index in [2.05, 4.69) is 10.4 Å². The Labute approximate surface area is 128 Å². The van der Waals surface area contributed by atoms with Gasteiger partial charge < -0.3 is 5.32 Å². The summed E-state index contributed by atoms with van der Waals surface area (Å²) in [6, 6.07) is 4.81. The highest BCUT2D eigenvalue weighted by atomic mass is 35.5. The topological polar surface area (TPSA) is 29.9 Å². The van der Waals surface area contributed by atoms with Crippen LogP contribution in [-0.4, -0.2) is 16.3 Å². The minimum absolute atomic E-state index is 0.141. The van der Waals surface area contributed by atoms with Gasteiger partial charge in [-0.25, -0.2) is 4.68 Å². The third-order valence-electron chi connectivity index (χ3n) is 3.36. The molecule has 0 amide bonds. The summed E-state index contributed by atoms with van der Waals surface area (Å²) in [4.78, 5) is 0. The van der Waals surface area contributed by atoms with E-state index in [0.29, 0.717) is 24.3 Å². The molecule has 0 atom stereocenters. The largest absolute Gasteiger partial charge is 0.435 e. The van der Waals surface area contributed by atoms with Crippen LogP contribution in [0.2, 0.25) is 10.0 Å². The Kier molecular flexibility index (Phi) is 3.63. The number of rotatable bonds is 1. The van der Waals surface area contributed by atoms with Crippen molar-refractivity contribution in [3.05, 3.63) is 45.2 Å². The van der Waals surface area contributed by atoms with Crippen LogP contribution in [0, 0.1) is 0 Å². The summed E-state index contributed by atoms with van der Waals surface area (Å²) in [7, 11) is 0. The molecule has 2 aromatic rings. The van der Waals surface area contributed by atoms with E-state index in [-0.39, 0.29) is 22.2 Å². The number of benzene rings is 1. The summed E-state index contributed by atoms with van der Waals surface area (Å²) < 4.78 is 40.6. The maximum Gasteiger partial charge on any atom is 0.435 e. The van der Waals surface area contributed by atoms with Crippen LogP contribution in [0.25, 0.3) is 5.69 Å². The van der Waals surface area contributed by atoms with Gasteiger partial charge in [0.05, 0.1) is 21.4 Å². The van der Waals surface area contributed by atoms with Gasteiger partial charge in [-0.05, 0) is 12.1 Å². The van der Waals surface area contributed by atoms with Gasteiger partial charge >= 0.3 is 6.18 Å². The Morgan fingerprint density at radius 3 is 2.71 bits per heavy atom. The minimum atomic E-state index is -4.50. The Hall–Kier alpha value is -1.24. The average Bonchev–Trinajstić information content (AvgIpc) is 2.81. The van der Waals surface area contributed by atoms with Gasteiger partial charge in [-0.15, -0.1) is 0 Å². The molecule has 8 heteroatoms. The molecule has 1 aliphatic rings. The second kappa shape index (κ2) is 5.19. The van der Waals surface area contributed by atoms with Crippen LogP contribution >= 0.6 is 23.2 Å². The Morgan fingerprint density at radius 2 is 2.00 bits per heavy atom. The minimum Gasteiger partial charge on any atom is -0.312 e. The lowest BCUT2D eigenvalue weighted by molar-refractivity contribution is -0.142. The fourth-order valence-electron chi connectivity index (χ4n) is 2.43. The zero-order chi connectivity index (χ0) is 15.2. The number of nitrogens with zero attached hydrogens (tertiary/aromatic N) is 2. The van der Waals surface area contributed by atoms with Gasteiger partial charge in [-0.1, -0.05) is 29.3 Å². The van der Waals surface area contributed by atoms with Gasteiger partial charge in [0, 0.05) is 25.1 Å². The molecule has 3 nitrogen and oxygen atoms in total. The van der Waals surface area contributed by atoms with E-state index in [0.717, 1.165) is 0 Å². The molecule has 0 aliphatic carbocycles. The van der Waals surface area contributed by atoms with Gasteiger partial charge in [0.25, 0.3) is 0 Å². The molecule has 0 spiro atoms. The number of nitrogens with one attached hydrogen (secondary N) is 1. The maximum absolute atomic E-state index is 13.1. The normalized spacial score (nSPS) is 15.1. The van der Waals surface area contributed by atoms with Crippen LogP contribution in [0.3, 0.4) is 0 Å². The smallest absolute Gasteiger partial charge is 0.312 e. The van der Waals surface area contributed by atoms with Crippen molar-refractivity contribution >= 4 is 23.2 Å². The molecule has 0 saturated carbocycles. The van der Waals surface area contributed by atoms with Crippen LogP contribution < -0.4 is 5.32 Å². The number of hydrogen-bond donors (Lipinski definition) is 1. The maximum atomic E-state index is 13.1. The monoisotopic (exact) mass is 335 g/mol. The third kappa shape index (κ3) is 2.52. The summed E-state index contributed by atoms with van der Waals surface area (Å²) >= 11 is 12.0. The van der Waals surface area contributed by atoms with Gasteiger partial charge in [0.2, 0.25) is 0 Å². The van der Waals surface area contributed by atoms with Crippen molar-refractivity contribution < 1.29 is 13.2 Å². The highest BCUT2D eigenvalue weighted by Gasteiger charge is 2.40. The summed E-state index contributed by atoms with van der Waals surface area (Å²) in [6.45, 7) is 0.733. The first-order valence-corrected chi connectivity index (χ1v) is 6.98. The quantitative estimate of drug-likeness (QED) is 0.857. The van der Waals surface area contributed by atoms with Crippen LogP contribution in [0.15, 0.2) is 18.2 Å². The zero-order valence-corrected chi connectivity index (χ0v) is 12.1. The molecule has 112 valence electrons. The van der Waals surface area contributed by atoms with E-state index in [1.165, 1.54) is 4.68 Å². The molecule has 1 N–H and O–H groups in total. The van der Waals surface area contributed by atoms with Crippen LogP contribution in [0.5, 0.6) is 0 Å². The highest BCUT2D eigenvalue weighted by Crippen LogP contribution is 2.36. The first-order valence-electron chi connectivity index (χ1n) is 6.22. The van der Waals surface area contributed by atoms with E-state index in [1.54, 1.807) is 18.2 Å². The fraction of sp³-hybridized carbons (Fsp3) is 0.308. The molecule has 1 aromatic heterocycles. The van der Waals surface area contributed by atoms with E-state index in [9.17, 15) is 13.2 Å². The third-order valence-corrected chi connectivity index (χ3v) is 4.17. The van der Waals surface area contributed by atoms with Gasteiger partial charge in [-0.2, -0.15) is 18.3 Å². The van der Waals surface area contributed by atoms with Crippen LogP contribution in [0.1, 0.15) is 17.0 Å². The van der Waals surface area contributed by atoms with Crippen molar-refractivity contribution in [2.24, 2.45) is 0 Å². The van der Waals surface area contributed by atoms with Crippen molar-refractivity contribution in [3.8, 4) is 5.69 Å². The van der Waals surface area contributed by atoms with Crippen LogP contribution in [-0.2, 0) is 19.1 Å². The molecule has 21 heavy (non-hydrogen) atoms. The van der Waals surface area contributed by atoms with Crippen molar-refractivity contribution in [2.45, 2.75) is 19.1 Å². The lowest BCUT2D eigenvalue weighted by atomic mass is 10.1. The standard InChI is InChI=1S/C13H10Cl2F3N3/c14-8-2-1-3-10(11(8)15)21-9-4-5-19-6-7(9)12(20-21)13(16,17)18/h1-3,19H,4-6H2. The molecular weight excluding hydrogens is 326 g/mol. The Bertz CT molecular complexity index is 695. The molecule has 3 rings (SSSR count). The van der Waals surface area contributed by atoms with E-state index in [1.807, 2.05) is 0 Å². The lowest BCUT2D eigenvalue weighted by Crippen LogP contribution is -2.25. The number of hydrogen-bond acceptors (Lipinski definition) is 2. The summed E-state index contributed by atoms with van der Waals surface area (Å²) in [5.74, 6) is 0. The summed E-state index contributed by atoms with van der Waals surface area (Å²) in [6.07, 6.45) is -4.05. The van der Waals surface area contributed by atoms with E-state index >= 15 is 0 Å². The van der Waals surface area contributed by atoms with Crippen molar-refractivity contribution in [3.63, 3.8) is 0 Å². The molecule has 0 fully saturated rings. The van der Waals surface area contributed by atoms with E-state index in [4.69, 9.17) is 23.2 Å². The predicted molar refractivity (Wildman–Crippen MR) is 74.0 cm³/mol. The SMILES string of the molecule is FC(F)(F)c1nn(-c2cccc(Cl)c2Cl)c2c1CNCC2. The second-order valence-corrected chi connectivity index (χ2v) is 5.47. The fourth-order valence-corrected chi connectivity index (χ4v) is 2.81.